The first kappa shape index (κ1) is 18.0. The van der Waals surface area contributed by atoms with Crippen molar-refractivity contribution in [3.63, 3.8) is 0 Å². The maximum atomic E-state index is 12.5. The Bertz CT molecular complexity index is 1080. The van der Waals surface area contributed by atoms with E-state index in [0.717, 1.165) is 5.69 Å². The Morgan fingerprint density at radius 3 is 2.46 bits per heavy atom. The third-order valence-corrected chi connectivity index (χ3v) is 4.69. The van der Waals surface area contributed by atoms with Crippen molar-refractivity contribution in [2.24, 2.45) is 17.5 Å². The van der Waals surface area contributed by atoms with Crippen molar-refractivity contribution in [2.45, 2.75) is 39.3 Å². The summed E-state index contributed by atoms with van der Waals surface area (Å²) in [7, 11) is 1.87. The molecular formula is C19H25N5O2. The first-order chi connectivity index (χ1) is 12.1. The van der Waals surface area contributed by atoms with E-state index >= 15 is 0 Å². The molecule has 0 fully saturated rings. The van der Waals surface area contributed by atoms with Crippen LogP contribution in [-0.2, 0) is 7.05 Å². The molecule has 2 unspecified atom stereocenters. The van der Waals surface area contributed by atoms with E-state index in [0.29, 0.717) is 0 Å². The van der Waals surface area contributed by atoms with Crippen LogP contribution in [0.3, 0.4) is 0 Å². The summed E-state index contributed by atoms with van der Waals surface area (Å²) in [6.45, 7) is 8.26. The predicted molar refractivity (Wildman–Crippen MR) is 104 cm³/mol. The van der Waals surface area contributed by atoms with Gasteiger partial charge in [-0.15, -0.1) is 0 Å². The normalized spacial score (nSPS) is 24.3. The lowest BCUT2D eigenvalue weighted by Gasteiger charge is -2.36. The maximum Gasteiger partial charge on any atom is 0.272 e. The molecule has 7 heteroatoms. The minimum Gasteiger partial charge on any atom is -0.366 e. The molecule has 138 valence electrons. The van der Waals surface area contributed by atoms with Gasteiger partial charge in [0.15, 0.2) is 0 Å². The van der Waals surface area contributed by atoms with Crippen LogP contribution in [-0.4, -0.2) is 32.5 Å². The molecule has 0 saturated carbocycles. The summed E-state index contributed by atoms with van der Waals surface area (Å²) in [5.41, 5.74) is -0.510. The van der Waals surface area contributed by atoms with Gasteiger partial charge in [-0.25, -0.2) is 0 Å². The van der Waals surface area contributed by atoms with E-state index in [1.54, 1.807) is 18.5 Å². The fourth-order valence-electron chi connectivity index (χ4n) is 3.50. The fraction of sp³-hybridized carbons (Fsp3) is 0.421. The minimum atomic E-state index is -0.558. The van der Waals surface area contributed by atoms with Gasteiger partial charge in [0.25, 0.3) is 11.1 Å². The van der Waals surface area contributed by atoms with Crippen molar-refractivity contribution in [3.8, 4) is 0 Å². The molecule has 1 aliphatic rings. The van der Waals surface area contributed by atoms with Crippen molar-refractivity contribution in [3.05, 3.63) is 55.4 Å². The Hall–Kier alpha value is -2.83. The number of nitrogens with one attached hydrogen (secondary N) is 3. The van der Waals surface area contributed by atoms with Gasteiger partial charge < -0.3 is 19.9 Å². The molecule has 7 nitrogen and oxygen atoms in total. The highest BCUT2D eigenvalue weighted by atomic mass is 16.1. The molecule has 1 aliphatic heterocycles. The Morgan fingerprint density at radius 2 is 1.85 bits per heavy atom. The zero-order chi connectivity index (χ0) is 19.1. The predicted octanol–water partition coefficient (Wildman–Crippen LogP) is -0.184. The number of rotatable bonds is 2. The molecule has 0 aliphatic carbocycles. The SMILES string of the molecule is Cn1cccc1/C=c1\[nH]c(=O)/c(=C/C2(C)NC=NC2C(C)(C)C)[nH]c1=O. The van der Waals surface area contributed by atoms with Crippen LogP contribution in [0.1, 0.15) is 33.4 Å². The lowest BCUT2D eigenvalue weighted by molar-refractivity contribution is 0.262. The molecule has 0 radical (unpaired) electrons. The first-order valence-corrected chi connectivity index (χ1v) is 8.58. The number of aromatic amines is 2. The van der Waals surface area contributed by atoms with Crippen molar-refractivity contribution in [1.82, 2.24) is 19.9 Å². The first-order valence-electron chi connectivity index (χ1n) is 8.58. The molecule has 2 aromatic heterocycles. The van der Waals surface area contributed by atoms with Gasteiger partial charge in [-0.2, -0.15) is 0 Å². The maximum absolute atomic E-state index is 12.5. The molecule has 0 aromatic carbocycles. The Morgan fingerprint density at radius 1 is 1.19 bits per heavy atom. The van der Waals surface area contributed by atoms with Gasteiger partial charge in [0.1, 0.15) is 10.7 Å². The smallest absolute Gasteiger partial charge is 0.272 e. The molecule has 3 rings (SSSR count). The number of hydrogen-bond acceptors (Lipinski definition) is 4. The molecule has 3 heterocycles. The highest BCUT2D eigenvalue weighted by molar-refractivity contribution is 5.65. The van der Waals surface area contributed by atoms with Crippen LogP contribution in [0.5, 0.6) is 0 Å². The topological polar surface area (TPSA) is 95.0 Å². The minimum absolute atomic E-state index is 0.0625. The van der Waals surface area contributed by atoms with Gasteiger partial charge in [0.05, 0.1) is 17.9 Å². The van der Waals surface area contributed by atoms with E-state index in [1.165, 1.54) is 0 Å². The summed E-state index contributed by atoms with van der Waals surface area (Å²) >= 11 is 0. The second-order valence-corrected chi connectivity index (χ2v) is 8.04. The summed E-state index contributed by atoms with van der Waals surface area (Å²) in [5, 5.41) is 3.66. The van der Waals surface area contributed by atoms with Gasteiger partial charge in [-0.3, -0.25) is 14.6 Å². The van der Waals surface area contributed by atoms with Gasteiger partial charge in [0.2, 0.25) is 0 Å². The number of nitrogens with zero attached hydrogens (tertiary/aromatic N) is 2. The van der Waals surface area contributed by atoms with E-state index < -0.39 is 5.54 Å². The van der Waals surface area contributed by atoms with E-state index in [1.807, 2.05) is 36.9 Å². The Kier molecular flexibility index (Phi) is 4.26. The van der Waals surface area contributed by atoms with E-state index in [2.05, 4.69) is 41.0 Å². The van der Waals surface area contributed by atoms with E-state index in [9.17, 15) is 9.59 Å². The third-order valence-electron chi connectivity index (χ3n) is 4.69. The third kappa shape index (κ3) is 3.29. The van der Waals surface area contributed by atoms with Gasteiger partial charge >= 0.3 is 0 Å². The molecule has 0 amide bonds. The van der Waals surface area contributed by atoms with Crippen LogP contribution < -0.4 is 27.1 Å². The standard InChI is InChI=1S/C19H25N5O2/c1-18(2,3)17-19(4,21-11-20-17)10-14-16(26)22-13(15(25)23-14)9-12-7-6-8-24(12)5/h6-11,17H,1-5H3,(H,20,21)(H,22,26)(H,23,25)/b13-9-,14-10-. The summed E-state index contributed by atoms with van der Waals surface area (Å²) < 4.78 is 1.87. The average molecular weight is 355 g/mol. The number of aromatic nitrogens is 3. The molecular weight excluding hydrogens is 330 g/mol. The van der Waals surface area contributed by atoms with Gasteiger partial charge in [0, 0.05) is 18.9 Å². The number of H-pyrrole nitrogens is 2. The highest BCUT2D eigenvalue weighted by Crippen LogP contribution is 2.33. The number of aryl methyl sites for hydroxylation is 1. The van der Waals surface area contributed by atoms with Crippen LogP contribution >= 0.6 is 0 Å². The highest BCUT2D eigenvalue weighted by Gasteiger charge is 2.42. The number of hydrogen-bond donors (Lipinski definition) is 3. The Labute approximate surface area is 151 Å². The lowest BCUT2D eigenvalue weighted by atomic mass is 9.76. The van der Waals surface area contributed by atoms with Crippen LogP contribution in [0, 0.1) is 5.41 Å². The van der Waals surface area contributed by atoms with Gasteiger partial charge in [-0.1, -0.05) is 20.8 Å². The van der Waals surface area contributed by atoms with Gasteiger partial charge in [-0.05, 0) is 36.6 Å². The quantitative estimate of drug-likeness (QED) is 0.697. The van der Waals surface area contributed by atoms with Crippen molar-refractivity contribution in [2.75, 3.05) is 0 Å². The number of aliphatic imine (C=N–C) groups is 1. The lowest BCUT2D eigenvalue weighted by Crippen LogP contribution is -2.54. The summed E-state index contributed by atoms with van der Waals surface area (Å²) in [6, 6.07) is 3.68. The molecule has 0 bridgehead atoms. The van der Waals surface area contributed by atoms with Crippen molar-refractivity contribution in [1.29, 1.82) is 0 Å². The molecule has 3 N–H and O–H groups in total. The summed E-state index contributed by atoms with van der Waals surface area (Å²) in [4.78, 5) is 34.9. The van der Waals surface area contributed by atoms with Crippen molar-refractivity contribution >= 4 is 18.5 Å². The van der Waals surface area contributed by atoms with Crippen LogP contribution in [0.15, 0.2) is 32.9 Å². The molecule has 0 saturated heterocycles. The average Bonchev–Trinajstić information content (AvgIpc) is 3.10. The van der Waals surface area contributed by atoms with Crippen LogP contribution in [0.25, 0.3) is 12.2 Å². The summed E-state index contributed by atoms with van der Waals surface area (Å²) in [6.07, 6.45) is 6.94. The second-order valence-electron chi connectivity index (χ2n) is 8.04. The Balaban J connectivity index is 2.11. The molecule has 2 atom stereocenters. The largest absolute Gasteiger partial charge is 0.366 e. The second kappa shape index (κ2) is 6.16. The van der Waals surface area contributed by atoms with E-state index in [4.69, 9.17) is 0 Å². The van der Waals surface area contributed by atoms with Crippen LogP contribution in [0.2, 0.25) is 0 Å². The van der Waals surface area contributed by atoms with Crippen molar-refractivity contribution < 1.29 is 0 Å². The molecule has 26 heavy (non-hydrogen) atoms. The molecule has 2 aromatic rings. The summed E-state index contributed by atoms with van der Waals surface area (Å²) in [5.74, 6) is 0. The molecule has 0 spiro atoms. The fourth-order valence-corrected chi connectivity index (χ4v) is 3.50. The zero-order valence-electron chi connectivity index (χ0n) is 15.8. The van der Waals surface area contributed by atoms with Crippen LogP contribution in [0.4, 0.5) is 0 Å². The van der Waals surface area contributed by atoms with E-state index in [-0.39, 0.29) is 33.3 Å². The monoisotopic (exact) mass is 355 g/mol. The zero-order valence-corrected chi connectivity index (χ0v) is 15.8.